The molecule has 0 amide bonds. The normalized spacial score (nSPS) is 11.8. The van der Waals surface area contributed by atoms with E-state index in [-0.39, 0.29) is 5.54 Å². The Bertz CT molecular complexity index is 5420. The van der Waals surface area contributed by atoms with Gasteiger partial charge in [-0.2, -0.15) is 0 Å². The molecule has 100 heavy (non-hydrogen) atoms. The first kappa shape index (κ1) is 67.6. The fraction of sp³-hybridized carbons (Fsp3) is 0.217. The maximum absolute atomic E-state index is 2.48. The van der Waals surface area contributed by atoms with Gasteiger partial charge < -0.3 is 37.9 Å². The van der Waals surface area contributed by atoms with Crippen molar-refractivity contribution in [3.63, 3.8) is 0 Å². The lowest BCUT2D eigenvalue weighted by molar-refractivity contribution is 0.423. The molecule has 0 aliphatic rings. The molecule has 12 aromatic carbocycles. The minimum absolute atomic E-state index is 0.0359. The Balaban J connectivity index is 0.000000119. The van der Waals surface area contributed by atoms with Crippen LogP contribution in [0.1, 0.15) is 80.7 Å². The number of fused-ring (bicyclic) bond motifs is 12. The van der Waals surface area contributed by atoms with Crippen molar-refractivity contribution in [2.45, 2.75) is 99.3 Å². The summed E-state index contributed by atoms with van der Waals surface area (Å²) in [5.41, 5.74) is 20.2. The smallest absolute Gasteiger partial charge is 0.0497 e. The first-order valence-electron chi connectivity index (χ1n) is 35.8. The third kappa shape index (κ3) is 13.7. The van der Waals surface area contributed by atoms with Crippen molar-refractivity contribution < 1.29 is 0 Å². The molecule has 0 radical (unpaired) electrons. The van der Waals surface area contributed by atoms with Crippen LogP contribution in [-0.4, -0.2) is 46.5 Å². The van der Waals surface area contributed by atoms with E-state index in [1.807, 2.05) is 0 Å². The molecule has 1 atom stereocenters. The highest BCUT2D eigenvalue weighted by molar-refractivity contribution is 6.12. The summed E-state index contributed by atoms with van der Waals surface area (Å²) in [5.74, 6) is 0.616. The van der Waals surface area contributed by atoms with Crippen LogP contribution in [0.4, 0.5) is 45.5 Å². The Labute approximate surface area is 591 Å². The summed E-state index contributed by atoms with van der Waals surface area (Å²) in [6.45, 7) is 20.3. The van der Waals surface area contributed by atoms with E-state index in [1.165, 1.54) is 146 Å². The highest BCUT2D eigenvalue weighted by Gasteiger charge is 2.22. The first-order valence-corrected chi connectivity index (χ1v) is 35.8. The second-order valence-electron chi connectivity index (χ2n) is 28.1. The van der Waals surface area contributed by atoms with Gasteiger partial charge in [-0.1, -0.05) is 180 Å². The van der Waals surface area contributed by atoms with Crippen LogP contribution >= 0.6 is 0 Å². The summed E-state index contributed by atoms with van der Waals surface area (Å²) < 4.78 is 9.86. The highest BCUT2D eigenvalue weighted by atomic mass is 15.1. The Kier molecular flexibility index (Phi) is 20.0. The topological polar surface area (TPSA) is 32.7 Å². The van der Waals surface area contributed by atoms with Gasteiger partial charge in [0.25, 0.3) is 0 Å². The van der Waals surface area contributed by atoms with E-state index in [2.05, 4.69) is 413 Å². The summed E-state index contributed by atoms with van der Waals surface area (Å²) in [4.78, 5) is 8.98. The number of benzene rings is 12. The van der Waals surface area contributed by atoms with E-state index in [0.717, 1.165) is 19.5 Å². The van der Waals surface area contributed by atoms with Crippen LogP contribution in [-0.2, 0) is 18.6 Å². The molecule has 16 rings (SSSR count). The Morgan fingerprint density at radius 1 is 0.300 bits per heavy atom. The van der Waals surface area contributed by atoms with Crippen molar-refractivity contribution in [3.8, 4) is 0 Å². The van der Waals surface area contributed by atoms with Gasteiger partial charge in [0.1, 0.15) is 0 Å². The monoisotopic (exact) mass is 1310 g/mol. The summed E-state index contributed by atoms with van der Waals surface area (Å²) in [7, 11) is 8.51. The third-order valence-electron chi connectivity index (χ3n) is 20.0. The van der Waals surface area contributed by atoms with Crippen molar-refractivity contribution in [1.82, 2.24) is 18.3 Å². The summed E-state index contributed by atoms with van der Waals surface area (Å²) in [6.07, 6.45) is 3.54. The molecule has 0 spiro atoms. The van der Waals surface area contributed by atoms with Gasteiger partial charge >= 0.3 is 0 Å². The van der Waals surface area contributed by atoms with Crippen LogP contribution in [0, 0.1) is 5.92 Å². The van der Waals surface area contributed by atoms with Crippen LogP contribution in [0.15, 0.2) is 291 Å². The second kappa shape index (κ2) is 29.6. The third-order valence-corrected chi connectivity index (χ3v) is 20.0. The van der Waals surface area contributed by atoms with E-state index >= 15 is 0 Å². The number of anilines is 8. The van der Waals surface area contributed by atoms with Crippen LogP contribution in [0.25, 0.3) is 87.2 Å². The molecular weight excluding hydrogens is 1220 g/mol. The number of para-hydroxylation sites is 8. The molecule has 0 bridgehead atoms. The van der Waals surface area contributed by atoms with Gasteiger partial charge in [-0.3, -0.25) is 0 Å². The molecule has 0 fully saturated rings. The van der Waals surface area contributed by atoms with Crippen LogP contribution in [0.2, 0.25) is 0 Å². The van der Waals surface area contributed by atoms with Crippen LogP contribution in [0.3, 0.4) is 0 Å². The van der Waals surface area contributed by atoms with E-state index in [4.69, 9.17) is 0 Å². The van der Waals surface area contributed by atoms with Crippen LogP contribution in [0.5, 0.6) is 0 Å². The van der Waals surface area contributed by atoms with Crippen molar-refractivity contribution in [2.75, 3.05) is 47.8 Å². The minimum Gasteiger partial charge on any atom is -0.345 e. The van der Waals surface area contributed by atoms with Crippen molar-refractivity contribution in [3.05, 3.63) is 291 Å². The molecule has 0 aliphatic heterocycles. The molecule has 0 N–H and O–H groups in total. The van der Waals surface area contributed by atoms with Crippen molar-refractivity contribution in [2.24, 2.45) is 5.92 Å². The molecule has 4 aromatic heterocycles. The maximum atomic E-state index is 2.48. The van der Waals surface area contributed by atoms with Gasteiger partial charge in [-0.15, -0.1) is 0 Å². The van der Waals surface area contributed by atoms with Gasteiger partial charge in [0, 0.05) is 186 Å². The van der Waals surface area contributed by atoms with E-state index in [1.54, 1.807) is 0 Å². The molecule has 504 valence electrons. The quantitative estimate of drug-likeness (QED) is 0.102. The zero-order valence-electron chi connectivity index (χ0n) is 60.5. The summed E-state index contributed by atoms with van der Waals surface area (Å²) in [6, 6.07) is 105. The number of aryl methyl sites for hydroxylation is 1. The molecule has 4 heterocycles. The lowest BCUT2D eigenvalue weighted by atomic mass is 10.1. The Morgan fingerprint density at radius 2 is 0.580 bits per heavy atom. The number of hydrogen-bond acceptors (Lipinski definition) is 4. The van der Waals surface area contributed by atoms with E-state index in [0.29, 0.717) is 12.0 Å². The Morgan fingerprint density at radius 3 is 0.970 bits per heavy atom. The molecule has 0 aliphatic carbocycles. The molecule has 8 heteroatoms. The van der Waals surface area contributed by atoms with Gasteiger partial charge in [0.05, 0.1) is 0 Å². The van der Waals surface area contributed by atoms with E-state index in [9.17, 15) is 0 Å². The number of unbranched alkanes of at least 4 members (excludes halogenated alkanes) is 1. The van der Waals surface area contributed by atoms with Gasteiger partial charge in [0.2, 0.25) is 0 Å². The Hall–Kier alpha value is -11.0. The van der Waals surface area contributed by atoms with Crippen molar-refractivity contribution >= 4 is 133 Å². The lowest BCUT2D eigenvalue weighted by Gasteiger charge is -2.24. The maximum Gasteiger partial charge on any atom is 0.0497 e. The van der Waals surface area contributed by atoms with Crippen LogP contribution < -0.4 is 19.6 Å². The average molecular weight is 1310 g/mol. The van der Waals surface area contributed by atoms with Gasteiger partial charge in [-0.25, -0.2) is 0 Å². The molecule has 16 aromatic rings. The number of nitrogens with zero attached hydrogens (tertiary/aromatic N) is 8. The zero-order chi connectivity index (χ0) is 69.6. The predicted molar refractivity (Wildman–Crippen MR) is 436 cm³/mol. The van der Waals surface area contributed by atoms with Gasteiger partial charge in [-0.05, 0) is 192 Å². The fourth-order valence-corrected chi connectivity index (χ4v) is 14.6. The molecule has 0 saturated carbocycles. The molecular formula is C92H96N8. The number of rotatable bonds is 15. The summed E-state index contributed by atoms with van der Waals surface area (Å²) >= 11 is 0. The SMILES string of the molecule is CC(C)Cn1c2ccccc2c2cc(N(C)c3ccccc3)ccc21.CCC(C)n1c2ccccc2c2cc(N(C)c3ccccc3)ccc21.CCCCn1c2ccccc2c2cc(N(C)c3ccccc3)ccc21.CN(c1ccccc1)c1ccc2c(c1)c1ccccc1n2C(C)(C)C. The van der Waals surface area contributed by atoms with Gasteiger partial charge in [0.15, 0.2) is 0 Å². The predicted octanol–water partition coefficient (Wildman–Crippen LogP) is 25.4. The summed E-state index contributed by atoms with van der Waals surface area (Å²) in [5, 5.41) is 10.6. The largest absolute Gasteiger partial charge is 0.345 e. The molecule has 0 saturated heterocycles. The average Bonchev–Trinajstić information content (AvgIpc) is 1.62. The second-order valence-corrected chi connectivity index (χ2v) is 28.1. The standard InChI is InChI=1S/4C23H24N2/c1-23(2,3)25-21-13-9-8-12-19(21)20-16-18(14-15-22(20)25)24(4)17-10-6-5-7-11-17;1-17(2)16-25-22-12-8-7-11-20(22)21-15-19(13-14-23(21)25)24(3)18-9-5-4-6-10-18;1-4-17(2)25-22-13-9-8-12-20(22)21-16-19(14-15-23(21)25)24(3)18-10-6-5-7-11-18;1-3-4-16-25-22-13-9-8-12-20(22)21-17-19(14-15-23(21)25)24(2)18-10-6-5-7-11-18/h5-16H,1-4H3;4-15,17H,16H2,1-3H3;5-17H,4H2,1-3H3;5-15,17H,3-4,16H2,1-2H3. The molecule has 1 unspecified atom stereocenters. The highest BCUT2D eigenvalue weighted by Crippen LogP contribution is 2.41. The zero-order valence-corrected chi connectivity index (χ0v) is 60.5. The lowest BCUT2D eigenvalue weighted by Crippen LogP contribution is -2.21. The van der Waals surface area contributed by atoms with E-state index < -0.39 is 0 Å². The first-order chi connectivity index (χ1) is 48.6. The molecule has 8 nitrogen and oxygen atoms in total. The minimum atomic E-state index is 0.0359. The number of hydrogen-bond donors (Lipinski definition) is 0. The number of aromatic nitrogens is 4. The van der Waals surface area contributed by atoms with Crippen molar-refractivity contribution in [1.29, 1.82) is 0 Å². The fourth-order valence-electron chi connectivity index (χ4n) is 14.6.